The Labute approximate surface area is 204 Å². The Morgan fingerprint density at radius 3 is 2.65 bits per heavy atom. The Balaban J connectivity index is 1.35. The number of aromatic nitrogens is 2. The topological polar surface area (TPSA) is 47.4 Å². The Morgan fingerprint density at radius 2 is 1.85 bits per heavy atom. The standard InChI is InChI=1S/C28H28ClN3O2/c1-19-8-13-25(20(2)16-19)32-18-21(17-27(32)33)28-30-24-6-3-4-7-26(24)31(28)14-5-15-34-23-11-9-22(29)10-12-23/h3-4,6-13,16,21H,5,14-15,17-18H2,1-2H3/t21-/m1/s1. The van der Waals surface area contributed by atoms with Gasteiger partial charge in [-0.1, -0.05) is 41.4 Å². The van der Waals surface area contributed by atoms with Crippen molar-refractivity contribution < 1.29 is 9.53 Å². The molecule has 5 rings (SSSR count). The van der Waals surface area contributed by atoms with Crippen LogP contribution in [0.15, 0.2) is 66.7 Å². The minimum atomic E-state index is 0.0535. The van der Waals surface area contributed by atoms with Gasteiger partial charge in [0.15, 0.2) is 0 Å². The first-order chi connectivity index (χ1) is 16.5. The first kappa shape index (κ1) is 22.5. The molecule has 2 heterocycles. The maximum absolute atomic E-state index is 13.0. The molecule has 0 spiro atoms. The summed E-state index contributed by atoms with van der Waals surface area (Å²) >= 11 is 5.96. The Bertz CT molecular complexity index is 1330. The lowest BCUT2D eigenvalue weighted by Gasteiger charge is -2.20. The van der Waals surface area contributed by atoms with Gasteiger partial charge in [0.05, 0.1) is 17.6 Å². The third-order valence-electron chi connectivity index (χ3n) is 6.43. The number of para-hydroxylation sites is 2. The van der Waals surface area contributed by atoms with Crippen molar-refractivity contribution in [2.45, 2.75) is 39.2 Å². The Kier molecular flexibility index (Phi) is 6.29. The number of carbonyl (C=O) groups excluding carboxylic acids is 1. The molecular weight excluding hydrogens is 446 g/mol. The fraction of sp³-hybridized carbons (Fsp3) is 0.286. The second-order valence-electron chi connectivity index (χ2n) is 8.96. The summed E-state index contributed by atoms with van der Waals surface area (Å²) < 4.78 is 8.16. The molecule has 0 saturated carbocycles. The molecular formula is C28H28ClN3O2. The summed E-state index contributed by atoms with van der Waals surface area (Å²) in [4.78, 5) is 19.9. The molecule has 1 aliphatic heterocycles. The molecule has 0 unspecified atom stereocenters. The predicted molar refractivity (Wildman–Crippen MR) is 137 cm³/mol. The van der Waals surface area contributed by atoms with Crippen LogP contribution in [0.25, 0.3) is 11.0 Å². The highest BCUT2D eigenvalue weighted by molar-refractivity contribution is 6.30. The van der Waals surface area contributed by atoms with Crippen LogP contribution in [0.5, 0.6) is 5.75 Å². The van der Waals surface area contributed by atoms with E-state index in [0.29, 0.717) is 24.6 Å². The molecule has 5 nitrogen and oxygen atoms in total. The molecule has 1 aliphatic rings. The second kappa shape index (κ2) is 9.51. The maximum atomic E-state index is 13.0. The molecule has 0 bridgehead atoms. The van der Waals surface area contributed by atoms with Crippen LogP contribution in [0, 0.1) is 13.8 Å². The van der Waals surface area contributed by atoms with Crippen molar-refractivity contribution >= 4 is 34.2 Å². The van der Waals surface area contributed by atoms with E-state index in [1.807, 2.05) is 47.4 Å². The minimum Gasteiger partial charge on any atom is -0.494 e. The van der Waals surface area contributed by atoms with Crippen LogP contribution in [-0.2, 0) is 11.3 Å². The van der Waals surface area contributed by atoms with E-state index in [1.54, 1.807) is 0 Å². The van der Waals surface area contributed by atoms with Gasteiger partial charge in [-0.2, -0.15) is 0 Å². The number of amides is 1. The van der Waals surface area contributed by atoms with Crippen molar-refractivity contribution in [3.05, 3.63) is 88.7 Å². The van der Waals surface area contributed by atoms with Gasteiger partial charge >= 0.3 is 0 Å². The van der Waals surface area contributed by atoms with Crippen molar-refractivity contribution in [3.8, 4) is 5.75 Å². The van der Waals surface area contributed by atoms with Crippen molar-refractivity contribution in [3.63, 3.8) is 0 Å². The molecule has 3 aromatic carbocycles. The zero-order chi connectivity index (χ0) is 23.7. The SMILES string of the molecule is Cc1ccc(N2C[C@H](c3nc4ccccc4n3CCCOc3ccc(Cl)cc3)CC2=O)c(C)c1. The number of benzene rings is 3. The number of nitrogens with zero attached hydrogens (tertiary/aromatic N) is 3. The van der Waals surface area contributed by atoms with E-state index in [-0.39, 0.29) is 11.8 Å². The Morgan fingerprint density at radius 1 is 1.06 bits per heavy atom. The lowest BCUT2D eigenvalue weighted by molar-refractivity contribution is -0.117. The molecule has 0 aliphatic carbocycles. The van der Waals surface area contributed by atoms with Crippen LogP contribution in [-0.4, -0.2) is 28.6 Å². The molecule has 1 saturated heterocycles. The molecule has 1 atom stereocenters. The number of rotatable bonds is 7. The summed E-state index contributed by atoms with van der Waals surface area (Å²) in [5, 5.41) is 0.697. The quantitative estimate of drug-likeness (QED) is 0.296. The predicted octanol–water partition coefficient (Wildman–Crippen LogP) is 6.30. The van der Waals surface area contributed by atoms with Crippen molar-refractivity contribution in [1.82, 2.24) is 9.55 Å². The first-order valence-corrected chi connectivity index (χ1v) is 12.1. The van der Waals surface area contributed by atoms with E-state index >= 15 is 0 Å². The first-order valence-electron chi connectivity index (χ1n) is 11.7. The van der Waals surface area contributed by atoms with Crippen LogP contribution < -0.4 is 9.64 Å². The highest BCUT2D eigenvalue weighted by atomic mass is 35.5. The largest absolute Gasteiger partial charge is 0.494 e. The minimum absolute atomic E-state index is 0.0535. The summed E-state index contributed by atoms with van der Waals surface area (Å²) in [5.74, 6) is 2.00. The summed E-state index contributed by atoms with van der Waals surface area (Å²) in [5.41, 5.74) is 5.39. The van der Waals surface area contributed by atoms with Crippen molar-refractivity contribution in [2.24, 2.45) is 0 Å². The van der Waals surface area contributed by atoms with E-state index in [4.69, 9.17) is 21.3 Å². The number of hydrogen-bond donors (Lipinski definition) is 0. The van der Waals surface area contributed by atoms with E-state index < -0.39 is 0 Å². The highest BCUT2D eigenvalue weighted by Gasteiger charge is 2.35. The van der Waals surface area contributed by atoms with Gasteiger partial charge in [-0.05, 0) is 68.3 Å². The van der Waals surface area contributed by atoms with E-state index in [2.05, 4.69) is 42.7 Å². The van der Waals surface area contributed by atoms with E-state index in [9.17, 15) is 4.79 Å². The summed E-state index contributed by atoms with van der Waals surface area (Å²) in [7, 11) is 0. The van der Waals surface area contributed by atoms with Gasteiger partial charge in [0.1, 0.15) is 11.6 Å². The number of fused-ring (bicyclic) bond motifs is 1. The van der Waals surface area contributed by atoms with Gasteiger partial charge in [0.2, 0.25) is 5.91 Å². The zero-order valence-corrected chi connectivity index (χ0v) is 20.3. The van der Waals surface area contributed by atoms with Crippen molar-refractivity contribution in [1.29, 1.82) is 0 Å². The number of carbonyl (C=O) groups is 1. The normalized spacial score (nSPS) is 15.9. The Hall–Kier alpha value is -3.31. The fourth-order valence-electron chi connectivity index (χ4n) is 4.81. The fourth-order valence-corrected chi connectivity index (χ4v) is 4.93. The third-order valence-corrected chi connectivity index (χ3v) is 6.68. The number of hydrogen-bond acceptors (Lipinski definition) is 3. The molecule has 1 fully saturated rings. The van der Waals surface area contributed by atoms with Crippen LogP contribution in [0.1, 0.15) is 35.7 Å². The average Bonchev–Trinajstić information content (AvgIpc) is 3.38. The zero-order valence-electron chi connectivity index (χ0n) is 19.5. The van der Waals surface area contributed by atoms with Crippen LogP contribution in [0.4, 0.5) is 5.69 Å². The molecule has 1 aromatic heterocycles. The number of ether oxygens (including phenoxy) is 1. The second-order valence-corrected chi connectivity index (χ2v) is 9.40. The van der Waals surface area contributed by atoms with Gasteiger partial charge in [-0.15, -0.1) is 0 Å². The van der Waals surface area contributed by atoms with E-state index in [0.717, 1.165) is 46.8 Å². The summed E-state index contributed by atoms with van der Waals surface area (Å²) in [6, 6.07) is 21.9. The molecule has 174 valence electrons. The number of aryl methyl sites for hydroxylation is 3. The van der Waals surface area contributed by atoms with Crippen LogP contribution in [0.3, 0.4) is 0 Å². The molecule has 1 amide bonds. The molecule has 0 radical (unpaired) electrons. The summed E-state index contributed by atoms with van der Waals surface area (Å²) in [6.07, 6.45) is 1.30. The average molecular weight is 474 g/mol. The molecule has 4 aromatic rings. The van der Waals surface area contributed by atoms with Crippen molar-refractivity contribution in [2.75, 3.05) is 18.1 Å². The maximum Gasteiger partial charge on any atom is 0.227 e. The monoisotopic (exact) mass is 473 g/mol. The van der Waals surface area contributed by atoms with Crippen LogP contribution in [0.2, 0.25) is 5.02 Å². The smallest absolute Gasteiger partial charge is 0.227 e. The lowest BCUT2D eigenvalue weighted by Crippen LogP contribution is -2.25. The molecule has 34 heavy (non-hydrogen) atoms. The molecule has 0 N–H and O–H groups in total. The van der Waals surface area contributed by atoms with Crippen LogP contribution >= 0.6 is 11.6 Å². The molecule has 6 heteroatoms. The lowest BCUT2D eigenvalue weighted by atomic mass is 10.1. The van der Waals surface area contributed by atoms with Gasteiger partial charge in [0, 0.05) is 36.1 Å². The number of anilines is 1. The summed E-state index contributed by atoms with van der Waals surface area (Å²) in [6.45, 7) is 6.15. The number of halogens is 1. The van der Waals surface area contributed by atoms with Gasteiger partial charge in [-0.3, -0.25) is 4.79 Å². The number of imidazole rings is 1. The van der Waals surface area contributed by atoms with Gasteiger partial charge in [-0.25, -0.2) is 4.98 Å². The highest BCUT2D eigenvalue weighted by Crippen LogP contribution is 2.34. The van der Waals surface area contributed by atoms with Gasteiger partial charge < -0.3 is 14.2 Å². The third kappa shape index (κ3) is 4.53. The van der Waals surface area contributed by atoms with Gasteiger partial charge in [0.25, 0.3) is 0 Å². The van der Waals surface area contributed by atoms with E-state index in [1.165, 1.54) is 5.56 Å².